The Hall–Kier alpha value is -2.84. The first kappa shape index (κ1) is 28.4. The highest BCUT2D eigenvalue weighted by molar-refractivity contribution is 5.95. The summed E-state index contributed by atoms with van der Waals surface area (Å²) in [6, 6.07) is 10.5. The number of anilines is 3. The molecule has 2 rings (SSSR count). The number of alkyl halides is 5. The van der Waals surface area contributed by atoms with Gasteiger partial charge >= 0.3 is 6.18 Å². The minimum Gasteiger partial charge on any atom is -0.381 e. The highest BCUT2D eigenvalue weighted by atomic mass is 19.4. The van der Waals surface area contributed by atoms with Crippen LogP contribution in [0.25, 0.3) is 0 Å². The van der Waals surface area contributed by atoms with Crippen LogP contribution in [0.3, 0.4) is 0 Å². The van der Waals surface area contributed by atoms with Gasteiger partial charge in [-0.3, -0.25) is 4.79 Å². The van der Waals surface area contributed by atoms with Crippen molar-refractivity contribution in [2.45, 2.75) is 64.8 Å². The van der Waals surface area contributed by atoms with E-state index in [1.54, 1.807) is 6.07 Å². The van der Waals surface area contributed by atoms with Gasteiger partial charge in [0.2, 0.25) is 5.91 Å². The number of benzene rings is 2. The van der Waals surface area contributed by atoms with Crippen LogP contribution in [0.2, 0.25) is 0 Å². The van der Waals surface area contributed by atoms with Crippen molar-refractivity contribution in [1.29, 1.82) is 0 Å². The summed E-state index contributed by atoms with van der Waals surface area (Å²) in [5.74, 6) is -0.147. The number of carbonyl (C=O) groups excluding carboxylic acids is 1. The van der Waals surface area contributed by atoms with E-state index in [4.69, 9.17) is 0 Å². The Balaban J connectivity index is 2.00. The Labute approximate surface area is 203 Å². The molecule has 0 aliphatic carbocycles. The Kier molecular flexibility index (Phi) is 11.3. The van der Waals surface area contributed by atoms with Crippen molar-refractivity contribution in [3.8, 4) is 0 Å². The van der Waals surface area contributed by atoms with E-state index in [1.165, 1.54) is 12.1 Å². The van der Waals surface area contributed by atoms with Crippen molar-refractivity contribution in [1.82, 2.24) is 0 Å². The van der Waals surface area contributed by atoms with Crippen LogP contribution in [0.5, 0.6) is 0 Å². The molecule has 0 heterocycles. The number of rotatable bonds is 14. The van der Waals surface area contributed by atoms with Gasteiger partial charge in [0.15, 0.2) is 0 Å². The van der Waals surface area contributed by atoms with Crippen molar-refractivity contribution in [3.63, 3.8) is 0 Å². The standard InChI is InChI=1S/C26H34F5N3O/c1-3-34(4-2)24-16-22(32-18-19-10-12-20(13-11-19)26(29,30)31)14-15-23(24)33-25(35)9-7-5-6-8-21(28)17-27/h10-16,21,32H,3-9,17-18H2,1-2H3,(H,33,35)/t21-/m1/s1. The lowest BCUT2D eigenvalue weighted by Crippen LogP contribution is -2.24. The van der Waals surface area contributed by atoms with Crippen LogP contribution in [-0.4, -0.2) is 31.8 Å². The number of halogens is 5. The number of hydrogen-bond donors (Lipinski definition) is 2. The summed E-state index contributed by atoms with van der Waals surface area (Å²) < 4.78 is 63.4. The number of unbranched alkanes of at least 4 members (excludes halogenated alkanes) is 2. The summed E-state index contributed by atoms with van der Waals surface area (Å²) in [6.07, 6.45) is -3.53. The topological polar surface area (TPSA) is 44.4 Å². The van der Waals surface area contributed by atoms with E-state index in [-0.39, 0.29) is 18.7 Å². The highest BCUT2D eigenvalue weighted by Gasteiger charge is 2.29. The molecule has 0 unspecified atom stereocenters. The third-order valence-electron chi connectivity index (χ3n) is 5.74. The van der Waals surface area contributed by atoms with E-state index in [0.29, 0.717) is 37.1 Å². The van der Waals surface area contributed by atoms with E-state index < -0.39 is 24.6 Å². The number of nitrogens with one attached hydrogen (secondary N) is 2. The van der Waals surface area contributed by atoms with Gasteiger partial charge in [0.05, 0.1) is 16.9 Å². The van der Waals surface area contributed by atoms with E-state index >= 15 is 0 Å². The third kappa shape index (κ3) is 9.38. The molecule has 0 bridgehead atoms. The Morgan fingerprint density at radius 1 is 1.00 bits per heavy atom. The maximum absolute atomic E-state index is 12.9. The molecule has 2 N–H and O–H groups in total. The average molecular weight is 500 g/mol. The van der Waals surface area contributed by atoms with Crippen molar-refractivity contribution < 1.29 is 26.7 Å². The second-order valence-corrected chi connectivity index (χ2v) is 8.35. The Bertz CT molecular complexity index is 914. The molecule has 2 aromatic carbocycles. The minimum atomic E-state index is -4.36. The second-order valence-electron chi connectivity index (χ2n) is 8.35. The van der Waals surface area contributed by atoms with Gasteiger partial charge in [-0.05, 0) is 62.6 Å². The van der Waals surface area contributed by atoms with Gasteiger partial charge < -0.3 is 15.5 Å². The highest BCUT2D eigenvalue weighted by Crippen LogP contribution is 2.31. The average Bonchev–Trinajstić information content (AvgIpc) is 2.84. The van der Waals surface area contributed by atoms with Crippen LogP contribution in [-0.2, 0) is 17.5 Å². The Morgan fingerprint density at radius 2 is 1.69 bits per heavy atom. The molecule has 194 valence electrons. The van der Waals surface area contributed by atoms with Gasteiger partial charge in [-0.2, -0.15) is 13.2 Å². The lowest BCUT2D eigenvalue weighted by molar-refractivity contribution is -0.137. The second kappa shape index (κ2) is 13.9. The zero-order valence-corrected chi connectivity index (χ0v) is 20.2. The summed E-state index contributed by atoms with van der Waals surface area (Å²) in [6.45, 7) is 4.84. The monoisotopic (exact) mass is 499 g/mol. The summed E-state index contributed by atoms with van der Waals surface area (Å²) in [7, 11) is 0. The van der Waals surface area contributed by atoms with Crippen LogP contribution < -0.4 is 15.5 Å². The van der Waals surface area contributed by atoms with Crippen LogP contribution in [0.1, 0.15) is 57.1 Å². The molecule has 0 saturated carbocycles. The SMILES string of the molecule is CCN(CC)c1cc(NCc2ccc(C(F)(F)F)cc2)ccc1NC(=O)CCCCC[C@@H](F)CF. The zero-order chi connectivity index (χ0) is 25.8. The van der Waals surface area contributed by atoms with Crippen LogP contribution in [0.15, 0.2) is 42.5 Å². The number of amides is 1. The Morgan fingerprint density at radius 3 is 2.29 bits per heavy atom. The van der Waals surface area contributed by atoms with Gasteiger partial charge in [-0.15, -0.1) is 0 Å². The summed E-state index contributed by atoms with van der Waals surface area (Å²) >= 11 is 0. The van der Waals surface area contributed by atoms with Gasteiger partial charge in [0.25, 0.3) is 0 Å². The molecule has 0 saturated heterocycles. The van der Waals surface area contributed by atoms with Gasteiger partial charge in [-0.1, -0.05) is 25.0 Å². The molecule has 0 spiro atoms. The van der Waals surface area contributed by atoms with E-state index in [9.17, 15) is 26.7 Å². The predicted octanol–water partition coefficient (Wildman–Crippen LogP) is 7.36. The molecule has 1 atom stereocenters. The predicted molar refractivity (Wildman–Crippen MR) is 131 cm³/mol. The molecule has 2 aromatic rings. The van der Waals surface area contributed by atoms with Gasteiger partial charge in [-0.25, -0.2) is 8.78 Å². The van der Waals surface area contributed by atoms with Crippen molar-refractivity contribution in [2.75, 3.05) is 35.3 Å². The summed E-state index contributed by atoms with van der Waals surface area (Å²) in [5.41, 5.74) is 2.31. The minimum absolute atomic E-state index is 0.147. The van der Waals surface area contributed by atoms with Crippen molar-refractivity contribution in [2.24, 2.45) is 0 Å². The molecule has 0 fully saturated rings. The zero-order valence-electron chi connectivity index (χ0n) is 20.2. The normalized spacial score (nSPS) is 12.3. The van der Waals surface area contributed by atoms with Crippen molar-refractivity contribution in [3.05, 3.63) is 53.6 Å². The molecular weight excluding hydrogens is 465 g/mol. The summed E-state index contributed by atoms with van der Waals surface area (Å²) in [4.78, 5) is 14.5. The largest absolute Gasteiger partial charge is 0.416 e. The molecule has 0 aromatic heterocycles. The molecule has 35 heavy (non-hydrogen) atoms. The number of nitrogens with zero attached hydrogens (tertiary/aromatic N) is 1. The fourth-order valence-corrected chi connectivity index (χ4v) is 3.71. The molecular formula is C26H34F5N3O. The molecule has 4 nitrogen and oxygen atoms in total. The lowest BCUT2D eigenvalue weighted by atomic mass is 10.1. The first-order valence-electron chi connectivity index (χ1n) is 12.0. The van der Waals surface area contributed by atoms with Crippen LogP contribution in [0, 0.1) is 0 Å². The summed E-state index contributed by atoms with van der Waals surface area (Å²) in [5, 5.41) is 6.17. The van der Waals surface area contributed by atoms with Gasteiger partial charge in [0, 0.05) is 31.7 Å². The molecule has 1 amide bonds. The van der Waals surface area contributed by atoms with Crippen LogP contribution in [0.4, 0.5) is 39.0 Å². The first-order chi connectivity index (χ1) is 16.7. The smallest absolute Gasteiger partial charge is 0.381 e. The quantitative estimate of drug-likeness (QED) is 0.211. The van der Waals surface area contributed by atoms with Crippen molar-refractivity contribution >= 4 is 23.0 Å². The molecule has 0 aliphatic heterocycles. The van der Waals surface area contributed by atoms with E-state index in [1.807, 2.05) is 26.0 Å². The molecule has 9 heteroatoms. The maximum atomic E-state index is 12.9. The molecule has 0 aliphatic rings. The first-order valence-corrected chi connectivity index (χ1v) is 12.0. The molecule has 0 radical (unpaired) electrons. The number of carbonyl (C=O) groups is 1. The third-order valence-corrected chi connectivity index (χ3v) is 5.74. The maximum Gasteiger partial charge on any atom is 0.416 e. The number of hydrogen-bond acceptors (Lipinski definition) is 3. The van der Waals surface area contributed by atoms with Gasteiger partial charge in [0.1, 0.15) is 12.8 Å². The fourth-order valence-electron chi connectivity index (χ4n) is 3.71. The van der Waals surface area contributed by atoms with Crippen LogP contribution >= 0.6 is 0 Å². The van der Waals surface area contributed by atoms with E-state index in [0.717, 1.165) is 36.6 Å². The lowest BCUT2D eigenvalue weighted by Gasteiger charge is -2.25. The fraction of sp³-hybridized carbons (Fsp3) is 0.500. The van der Waals surface area contributed by atoms with E-state index in [2.05, 4.69) is 15.5 Å².